The van der Waals surface area contributed by atoms with Gasteiger partial charge in [0.15, 0.2) is 0 Å². The average Bonchev–Trinajstić information content (AvgIpc) is 3.04. The summed E-state index contributed by atoms with van der Waals surface area (Å²) in [7, 11) is 0. The van der Waals surface area contributed by atoms with E-state index in [0.717, 1.165) is 34.9 Å². The van der Waals surface area contributed by atoms with Gasteiger partial charge in [0.1, 0.15) is 5.82 Å². The Bertz CT molecular complexity index is 757. The number of fused-ring (bicyclic) bond motifs is 3. The van der Waals surface area contributed by atoms with Gasteiger partial charge < -0.3 is 4.98 Å². The Morgan fingerprint density at radius 3 is 2.89 bits per heavy atom. The van der Waals surface area contributed by atoms with Crippen LogP contribution in [0.3, 0.4) is 0 Å². The molecule has 1 aromatic carbocycles. The van der Waals surface area contributed by atoms with Crippen LogP contribution in [-0.2, 0) is 12.8 Å². The highest BCUT2D eigenvalue weighted by Crippen LogP contribution is 2.37. The summed E-state index contributed by atoms with van der Waals surface area (Å²) in [6, 6.07) is 9.98. The normalized spacial score (nSPS) is 13.1. The van der Waals surface area contributed by atoms with Crippen LogP contribution in [0.25, 0.3) is 22.6 Å². The lowest BCUT2D eigenvalue weighted by Crippen LogP contribution is -1.99. The van der Waals surface area contributed by atoms with Crippen molar-refractivity contribution in [3.8, 4) is 22.6 Å². The third-order valence-electron chi connectivity index (χ3n) is 3.51. The number of aromatic nitrogens is 2. The first kappa shape index (κ1) is 11.3. The van der Waals surface area contributed by atoms with Crippen molar-refractivity contribution in [1.29, 1.82) is 0 Å². The van der Waals surface area contributed by atoms with Crippen molar-refractivity contribution in [3.63, 3.8) is 0 Å². The molecule has 19 heavy (non-hydrogen) atoms. The molecule has 0 bridgehead atoms. The molecule has 0 saturated heterocycles. The predicted molar refractivity (Wildman–Crippen MR) is 79.8 cm³/mol. The summed E-state index contributed by atoms with van der Waals surface area (Å²) in [5.41, 5.74) is 4.56. The van der Waals surface area contributed by atoms with Gasteiger partial charge in [-0.2, -0.15) is 0 Å². The fourth-order valence-corrected chi connectivity index (χ4v) is 3.68. The molecule has 1 aliphatic carbocycles. The van der Waals surface area contributed by atoms with Crippen molar-refractivity contribution < 1.29 is 0 Å². The molecule has 0 saturated carbocycles. The molecule has 94 valence electrons. The van der Waals surface area contributed by atoms with Gasteiger partial charge >= 0.3 is 0 Å². The first-order chi connectivity index (χ1) is 9.33. The minimum atomic E-state index is 0.735. The van der Waals surface area contributed by atoms with E-state index in [0.29, 0.717) is 0 Å². The fourth-order valence-electron chi connectivity index (χ4n) is 2.58. The maximum absolute atomic E-state index is 6.24. The molecule has 0 atom stereocenters. The summed E-state index contributed by atoms with van der Waals surface area (Å²) in [5, 5.41) is 2.88. The molecule has 2 aromatic heterocycles. The van der Waals surface area contributed by atoms with Crippen LogP contribution < -0.4 is 0 Å². The Balaban J connectivity index is 1.89. The minimum Gasteiger partial charge on any atom is -0.341 e. The Kier molecular flexibility index (Phi) is 2.50. The first-order valence-electron chi connectivity index (χ1n) is 6.23. The lowest BCUT2D eigenvalue weighted by Gasteiger charge is -2.09. The maximum Gasteiger partial charge on any atom is 0.139 e. The van der Waals surface area contributed by atoms with Crippen LogP contribution in [0.15, 0.2) is 35.7 Å². The average molecular weight is 287 g/mol. The van der Waals surface area contributed by atoms with Gasteiger partial charge in [-0.05, 0) is 36.4 Å². The van der Waals surface area contributed by atoms with Crippen molar-refractivity contribution >= 4 is 22.9 Å². The lowest BCUT2D eigenvalue weighted by molar-refractivity contribution is 0.927. The molecule has 1 aliphatic rings. The van der Waals surface area contributed by atoms with Gasteiger partial charge in [-0.3, -0.25) is 0 Å². The number of hydrogen-bond donors (Lipinski definition) is 1. The second kappa shape index (κ2) is 4.22. The Morgan fingerprint density at radius 1 is 1.11 bits per heavy atom. The van der Waals surface area contributed by atoms with Gasteiger partial charge in [-0.25, -0.2) is 4.98 Å². The standard InChI is InChI=1S/C15H11ClN2S/c16-11-4-2-1-3-9(11)15-17-12-5-6-13-10(7-8-19-13)14(12)18-15/h1-4,7-8H,5-6H2,(H,17,18). The van der Waals surface area contributed by atoms with Crippen LogP contribution >= 0.6 is 22.9 Å². The molecule has 0 fully saturated rings. The van der Waals surface area contributed by atoms with E-state index in [4.69, 9.17) is 16.6 Å². The van der Waals surface area contributed by atoms with E-state index in [1.807, 2.05) is 35.6 Å². The zero-order chi connectivity index (χ0) is 12.8. The number of hydrogen-bond acceptors (Lipinski definition) is 2. The van der Waals surface area contributed by atoms with Crippen molar-refractivity contribution in [3.05, 3.63) is 51.3 Å². The lowest BCUT2D eigenvalue weighted by atomic mass is 10.0. The molecule has 0 aliphatic heterocycles. The fraction of sp³-hybridized carbons (Fsp3) is 0.133. The molecule has 1 N–H and O–H groups in total. The summed E-state index contributed by atoms with van der Waals surface area (Å²) in [6.07, 6.45) is 2.13. The molecule has 4 rings (SSSR count). The van der Waals surface area contributed by atoms with E-state index in [-0.39, 0.29) is 0 Å². The van der Waals surface area contributed by atoms with Crippen LogP contribution in [0.4, 0.5) is 0 Å². The number of aryl methyl sites for hydroxylation is 2. The number of nitrogens with one attached hydrogen (secondary N) is 1. The highest BCUT2D eigenvalue weighted by Gasteiger charge is 2.22. The van der Waals surface area contributed by atoms with Gasteiger partial charge in [0, 0.05) is 21.7 Å². The molecular formula is C15H11ClN2S. The van der Waals surface area contributed by atoms with E-state index in [1.54, 1.807) is 0 Å². The van der Waals surface area contributed by atoms with Crippen LogP contribution in [0.1, 0.15) is 10.6 Å². The number of rotatable bonds is 1. The molecule has 0 spiro atoms. The number of H-pyrrole nitrogens is 1. The van der Waals surface area contributed by atoms with Crippen LogP contribution in [-0.4, -0.2) is 9.97 Å². The summed E-state index contributed by atoms with van der Waals surface area (Å²) < 4.78 is 0. The highest BCUT2D eigenvalue weighted by atomic mass is 35.5. The molecule has 2 nitrogen and oxygen atoms in total. The van der Waals surface area contributed by atoms with Crippen LogP contribution in [0.2, 0.25) is 5.02 Å². The minimum absolute atomic E-state index is 0.735. The summed E-state index contributed by atoms with van der Waals surface area (Å²) in [4.78, 5) is 9.63. The van der Waals surface area contributed by atoms with Crippen LogP contribution in [0, 0.1) is 0 Å². The smallest absolute Gasteiger partial charge is 0.139 e. The third kappa shape index (κ3) is 1.73. The number of thiophene rings is 1. The number of aromatic amines is 1. The summed E-state index contributed by atoms with van der Waals surface area (Å²) >= 11 is 8.06. The van der Waals surface area contributed by atoms with Crippen molar-refractivity contribution in [2.45, 2.75) is 12.8 Å². The van der Waals surface area contributed by atoms with Gasteiger partial charge in [0.25, 0.3) is 0 Å². The van der Waals surface area contributed by atoms with Crippen molar-refractivity contribution in [1.82, 2.24) is 9.97 Å². The quantitative estimate of drug-likeness (QED) is 0.698. The van der Waals surface area contributed by atoms with Gasteiger partial charge in [-0.1, -0.05) is 23.7 Å². The summed E-state index contributed by atoms with van der Waals surface area (Å²) in [6.45, 7) is 0. The van der Waals surface area contributed by atoms with Crippen LogP contribution in [0.5, 0.6) is 0 Å². The Hall–Kier alpha value is -1.58. The largest absolute Gasteiger partial charge is 0.341 e. The van der Waals surface area contributed by atoms with Gasteiger partial charge in [-0.15, -0.1) is 11.3 Å². The summed E-state index contributed by atoms with van der Waals surface area (Å²) in [5.74, 6) is 0.870. The molecule has 0 unspecified atom stereocenters. The monoisotopic (exact) mass is 286 g/mol. The zero-order valence-electron chi connectivity index (χ0n) is 10.1. The molecule has 4 heteroatoms. The Morgan fingerprint density at radius 2 is 2.00 bits per heavy atom. The van der Waals surface area contributed by atoms with Gasteiger partial charge in [0.2, 0.25) is 0 Å². The number of nitrogens with zero attached hydrogens (tertiary/aromatic N) is 1. The van der Waals surface area contributed by atoms with E-state index in [1.165, 1.54) is 16.1 Å². The SMILES string of the molecule is Clc1ccccc1-c1nc2c([nH]1)CCc1sccc1-2. The second-order valence-corrected chi connectivity index (χ2v) is 6.06. The van der Waals surface area contributed by atoms with Gasteiger partial charge in [0.05, 0.1) is 10.7 Å². The predicted octanol–water partition coefficient (Wildman–Crippen LogP) is 4.56. The van der Waals surface area contributed by atoms with E-state index < -0.39 is 0 Å². The van der Waals surface area contributed by atoms with E-state index >= 15 is 0 Å². The molecule has 2 heterocycles. The molecule has 0 radical (unpaired) electrons. The second-order valence-electron chi connectivity index (χ2n) is 4.65. The highest BCUT2D eigenvalue weighted by molar-refractivity contribution is 7.10. The zero-order valence-corrected chi connectivity index (χ0v) is 11.7. The molecular weight excluding hydrogens is 276 g/mol. The molecule has 0 amide bonds. The molecule has 3 aromatic rings. The Labute approximate surface area is 120 Å². The number of imidazole rings is 1. The topological polar surface area (TPSA) is 28.7 Å². The van der Waals surface area contributed by atoms with Crippen molar-refractivity contribution in [2.24, 2.45) is 0 Å². The third-order valence-corrected chi connectivity index (χ3v) is 4.82. The first-order valence-corrected chi connectivity index (χ1v) is 7.49. The van der Waals surface area contributed by atoms with Crippen molar-refractivity contribution in [2.75, 3.05) is 0 Å². The van der Waals surface area contributed by atoms with E-state index in [2.05, 4.69) is 16.4 Å². The van der Waals surface area contributed by atoms with E-state index in [9.17, 15) is 0 Å². The maximum atomic E-state index is 6.24. The number of halogens is 1. The number of benzene rings is 1.